The predicted octanol–water partition coefficient (Wildman–Crippen LogP) is 5.04. The van der Waals surface area contributed by atoms with Crippen molar-refractivity contribution in [3.8, 4) is 0 Å². The third-order valence-electron chi connectivity index (χ3n) is 6.43. The van der Waals surface area contributed by atoms with Gasteiger partial charge in [0.25, 0.3) is 0 Å². The molecular formula is C26H32NOSi. The van der Waals surface area contributed by atoms with Crippen molar-refractivity contribution in [3.63, 3.8) is 0 Å². The molecule has 0 spiro atoms. The summed E-state index contributed by atoms with van der Waals surface area (Å²) in [6, 6.07) is 20.7. The molecule has 0 bridgehead atoms. The van der Waals surface area contributed by atoms with Crippen molar-refractivity contribution < 1.29 is 5.11 Å². The maximum absolute atomic E-state index is 12.4. The molecule has 2 nitrogen and oxygen atoms in total. The van der Waals surface area contributed by atoms with E-state index in [0.717, 1.165) is 30.0 Å². The zero-order valence-corrected chi connectivity index (χ0v) is 19.0. The quantitative estimate of drug-likeness (QED) is 0.708. The molecule has 1 aliphatic carbocycles. The molecule has 0 unspecified atom stereocenters. The molecule has 2 aromatic rings. The Bertz CT molecular complexity index is 761. The average Bonchev–Trinajstić information content (AvgIpc) is 3.34. The summed E-state index contributed by atoms with van der Waals surface area (Å²) in [5, 5.41) is 12.4. The fourth-order valence-electron chi connectivity index (χ4n) is 4.93. The molecule has 1 saturated heterocycles. The van der Waals surface area contributed by atoms with Crippen molar-refractivity contribution in [2.75, 3.05) is 13.6 Å². The Morgan fingerprint density at radius 1 is 0.897 bits per heavy atom. The Balaban J connectivity index is 1.85. The van der Waals surface area contributed by atoms with E-state index >= 15 is 0 Å². The molecule has 151 valence electrons. The molecular weight excluding hydrogens is 370 g/mol. The highest BCUT2D eigenvalue weighted by Crippen LogP contribution is 2.57. The van der Waals surface area contributed by atoms with Gasteiger partial charge in [0.15, 0.2) is 0 Å². The smallest absolute Gasteiger partial charge is 0.122 e. The second-order valence-corrected chi connectivity index (χ2v) is 14.4. The Morgan fingerprint density at radius 2 is 1.45 bits per heavy atom. The van der Waals surface area contributed by atoms with Gasteiger partial charge in [-0.05, 0) is 55.9 Å². The molecule has 2 fully saturated rings. The van der Waals surface area contributed by atoms with Gasteiger partial charge in [-0.25, -0.2) is 0 Å². The van der Waals surface area contributed by atoms with Gasteiger partial charge in [0.1, 0.15) is 5.60 Å². The van der Waals surface area contributed by atoms with Gasteiger partial charge in [-0.15, -0.1) is 0 Å². The number of rotatable bonds is 5. The van der Waals surface area contributed by atoms with Crippen LogP contribution in [0.15, 0.2) is 60.7 Å². The monoisotopic (exact) mass is 402 g/mol. The van der Waals surface area contributed by atoms with E-state index in [1.807, 2.05) is 36.4 Å². The highest BCUT2D eigenvalue weighted by atomic mass is 28.3. The number of hydrogen-bond acceptors (Lipinski definition) is 2. The zero-order valence-electron chi connectivity index (χ0n) is 18.0. The SMILES string of the molecule is CN1CCC[C@@H]1[C]1[C](C(O)(c2ccccc2)c2ccccc2)[CH][CH][C]1[Si](C)(C)C. The van der Waals surface area contributed by atoms with E-state index in [0.29, 0.717) is 6.04 Å². The molecule has 3 heteroatoms. The molecule has 0 aromatic heterocycles. The van der Waals surface area contributed by atoms with E-state index in [1.165, 1.54) is 17.9 Å². The summed E-state index contributed by atoms with van der Waals surface area (Å²) in [6.45, 7) is 8.35. The molecule has 1 heterocycles. The van der Waals surface area contributed by atoms with Gasteiger partial charge in [-0.2, -0.15) is 0 Å². The van der Waals surface area contributed by atoms with E-state index < -0.39 is 13.7 Å². The maximum Gasteiger partial charge on any atom is 0.122 e. The minimum Gasteiger partial charge on any atom is -0.380 e. The fraction of sp³-hybridized carbons (Fsp3) is 0.346. The van der Waals surface area contributed by atoms with Crippen LogP contribution in [0.4, 0.5) is 0 Å². The van der Waals surface area contributed by atoms with Crippen LogP contribution >= 0.6 is 0 Å². The lowest BCUT2D eigenvalue weighted by atomic mass is 9.69. The van der Waals surface area contributed by atoms with Gasteiger partial charge in [0, 0.05) is 17.9 Å². The minimum absolute atomic E-state index is 0.376. The molecule has 1 atom stereocenters. The molecule has 2 aliphatic rings. The summed E-state index contributed by atoms with van der Waals surface area (Å²) in [7, 11) is 0.656. The first-order valence-corrected chi connectivity index (χ1v) is 14.2. The second-order valence-electron chi connectivity index (χ2n) is 9.41. The minimum atomic E-state index is -1.57. The number of benzene rings is 2. The first kappa shape index (κ1) is 20.8. The summed E-state index contributed by atoms with van der Waals surface area (Å²) in [4.78, 5) is 2.47. The Morgan fingerprint density at radius 3 is 1.90 bits per heavy atom. The lowest BCUT2D eigenvalue weighted by Crippen LogP contribution is -2.47. The van der Waals surface area contributed by atoms with Gasteiger partial charge in [-0.1, -0.05) is 80.3 Å². The Hall–Kier alpha value is -1.42. The lowest BCUT2D eigenvalue weighted by Gasteiger charge is -2.44. The van der Waals surface area contributed by atoms with Crippen LogP contribution in [0, 0.1) is 30.2 Å². The predicted molar refractivity (Wildman–Crippen MR) is 123 cm³/mol. The first-order valence-electron chi connectivity index (χ1n) is 10.7. The number of hydrogen-bond donors (Lipinski definition) is 1. The third kappa shape index (κ3) is 3.73. The molecule has 1 aliphatic heterocycles. The van der Waals surface area contributed by atoms with Crippen molar-refractivity contribution in [1.29, 1.82) is 0 Å². The average molecular weight is 403 g/mol. The van der Waals surface area contributed by atoms with Crippen LogP contribution in [0.1, 0.15) is 24.0 Å². The second kappa shape index (κ2) is 8.01. The van der Waals surface area contributed by atoms with Gasteiger partial charge in [0.05, 0.1) is 8.07 Å². The van der Waals surface area contributed by atoms with Crippen molar-refractivity contribution in [2.45, 2.75) is 44.1 Å². The van der Waals surface area contributed by atoms with Crippen LogP contribution in [0.3, 0.4) is 0 Å². The van der Waals surface area contributed by atoms with Crippen LogP contribution in [0.2, 0.25) is 19.6 Å². The van der Waals surface area contributed by atoms with Gasteiger partial charge in [0.2, 0.25) is 0 Å². The van der Waals surface area contributed by atoms with Crippen molar-refractivity contribution in [3.05, 3.63) is 102 Å². The highest BCUT2D eigenvalue weighted by molar-refractivity contribution is 6.82. The first-order chi connectivity index (χ1) is 13.8. The van der Waals surface area contributed by atoms with Gasteiger partial charge < -0.3 is 10.0 Å². The Kier molecular flexibility index (Phi) is 5.76. The van der Waals surface area contributed by atoms with Crippen LogP contribution < -0.4 is 0 Å². The maximum atomic E-state index is 12.4. The molecule has 1 saturated carbocycles. The summed E-state index contributed by atoms with van der Waals surface area (Å²) >= 11 is 0. The van der Waals surface area contributed by atoms with Crippen molar-refractivity contribution >= 4 is 8.07 Å². The fourth-order valence-corrected chi connectivity index (χ4v) is 6.62. The number of aliphatic hydroxyl groups is 1. The largest absolute Gasteiger partial charge is 0.380 e. The summed E-state index contributed by atoms with van der Waals surface area (Å²) in [5.74, 6) is 2.44. The standard InChI is InChI=1S/C26H32NOSi/c1-27-19-11-16-23(27)25-22(17-18-24(25)29(2,3)4)26(28,20-12-7-5-8-13-20)21-14-9-6-10-15-21/h5-10,12-15,17-18,23,28H,11,16,19H2,1-4H3/t23-/m1/s1. The topological polar surface area (TPSA) is 23.5 Å². The molecule has 5 radical (unpaired) electrons. The van der Waals surface area contributed by atoms with Gasteiger partial charge >= 0.3 is 0 Å². The molecule has 4 rings (SSSR count). The van der Waals surface area contributed by atoms with E-state index in [-0.39, 0.29) is 0 Å². The molecule has 0 amide bonds. The van der Waals surface area contributed by atoms with E-state index in [4.69, 9.17) is 0 Å². The van der Waals surface area contributed by atoms with Gasteiger partial charge in [-0.3, -0.25) is 0 Å². The van der Waals surface area contributed by atoms with Crippen molar-refractivity contribution in [1.82, 2.24) is 4.90 Å². The van der Waals surface area contributed by atoms with E-state index in [9.17, 15) is 5.11 Å². The lowest BCUT2D eigenvalue weighted by molar-refractivity contribution is 0.0972. The van der Waals surface area contributed by atoms with Crippen LogP contribution in [-0.2, 0) is 5.60 Å². The van der Waals surface area contributed by atoms with E-state index in [2.05, 4.69) is 68.7 Å². The summed E-state index contributed by atoms with van der Waals surface area (Å²) in [6.07, 6.45) is 6.88. The van der Waals surface area contributed by atoms with Crippen LogP contribution in [-0.4, -0.2) is 37.7 Å². The molecule has 2 aromatic carbocycles. The highest BCUT2D eigenvalue weighted by Gasteiger charge is 2.57. The summed E-state index contributed by atoms with van der Waals surface area (Å²) < 4.78 is 0. The van der Waals surface area contributed by atoms with E-state index in [1.54, 1.807) is 0 Å². The molecule has 1 N–H and O–H groups in total. The normalized spacial score (nSPS) is 23.1. The van der Waals surface area contributed by atoms with Crippen LogP contribution in [0.5, 0.6) is 0 Å². The van der Waals surface area contributed by atoms with Crippen molar-refractivity contribution in [2.24, 2.45) is 0 Å². The number of nitrogens with zero attached hydrogens (tertiary/aromatic N) is 1. The third-order valence-corrected chi connectivity index (χ3v) is 8.48. The van der Waals surface area contributed by atoms with Crippen LogP contribution in [0.25, 0.3) is 0 Å². The molecule has 29 heavy (non-hydrogen) atoms. The Labute approximate surface area is 178 Å². The number of likely N-dealkylation sites (tertiary alicyclic amines) is 1. The zero-order chi connectivity index (χ0) is 20.6. The summed E-state index contributed by atoms with van der Waals surface area (Å²) in [5.41, 5.74) is 2.19.